The lowest BCUT2D eigenvalue weighted by Crippen LogP contribution is -1.98. The number of ketones is 1. The number of hydrogen-bond acceptors (Lipinski definition) is 1. The van der Waals surface area contributed by atoms with Gasteiger partial charge in [-0.05, 0) is 24.8 Å². The van der Waals surface area contributed by atoms with E-state index in [2.05, 4.69) is 19.9 Å². The van der Waals surface area contributed by atoms with Crippen molar-refractivity contribution in [2.24, 2.45) is 5.92 Å². The van der Waals surface area contributed by atoms with Gasteiger partial charge in [0.1, 0.15) is 0 Å². The van der Waals surface area contributed by atoms with Crippen LogP contribution in [0.5, 0.6) is 0 Å². The van der Waals surface area contributed by atoms with Crippen molar-refractivity contribution < 1.29 is 4.79 Å². The molecule has 0 bridgehead atoms. The van der Waals surface area contributed by atoms with Crippen molar-refractivity contribution in [3.8, 4) is 0 Å². The van der Waals surface area contributed by atoms with Gasteiger partial charge < -0.3 is 0 Å². The number of allylic oxidation sites excluding steroid dienone is 2. The number of benzene rings is 1. The van der Waals surface area contributed by atoms with Crippen LogP contribution in [0.4, 0.5) is 0 Å². The normalized spacial score (nSPS) is 12.8. The minimum atomic E-state index is 0.115. The summed E-state index contributed by atoms with van der Waals surface area (Å²) in [6.07, 6.45) is 9.95. The topological polar surface area (TPSA) is 17.1 Å². The molecule has 0 aromatic heterocycles. The molecule has 0 unspecified atom stereocenters. The van der Waals surface area contributed by atoms with Crippen LogP contribution in [0.2, 0.25) is 0 Å². The lowest BCUT2D eigenvalue weighted by molar-refractivity contribution is 0.104. The van der Waals surface area contributed by atoms with Crippen LogP contribution in [0.15, 0.2) is 42.5 Å². The summed E-state index contributed by atoms with van der Waals surface area (Å²) in [5.41, 5.74) is 0.775. The fraction of sp³-hybridized carbons (Fsp3) is 0.471. The van der Waals surface area contributed by atoms with Crippen molar-refractivity contribution in [2.45, 2.75) is 46.0 Å². The van der Waals surface area contributed by atoms with Crippen molar-refractivity contribution >= 4 is 5.78 Å². The molecule has 1 aromatic carbocycles. The molecule has 1 atom stereocenters. The summed E-state index contributed by atoms with van der Waals surface area (Å²) in [5, 5.41) is 0. The SMILES string of the molecule is CCCCC[C@@H](/C=C/C(=O)c1ccccc1)CC. The average molecular weight is 244 g/mol. The van der Waals surface area contributed by atoms with E-state index in [4.69, 9.17) is 0 Å². The zero-order valence-corrected chi connectivity index (χ0v) is 11.6. The molecule has 0 amide bonds. The Kier molecular flexibility index (Phi) is 7.09. The Balaban J connectivity index is 2.48. The largest absolute Gasteiger partial charge is 0.289 e. The van der Waals surface area contributed by atoms with Gasteiger partial charge in [-0.2, -0.15) is 0 Å². The molecule has 0 saturated heterocycles. The molecule has 0 N–H and O–H groups in total. The Morgan fingerprint density at radius 3 is 2.50 bits per heavy atom. The molecule has 1 nitrogen and oxygen atoms in total. The molecule has 0 heterocycles. The highest BCUT2D eigenvalue weighted by atomic mass is 16.1. The van der Waals surface area contributed by atoms with E-state index in [0.717, 1.165) is 12.0 Å². The van der Waals surface area contributed by atoms with Crippen LogP contribution in [0.25, 0.3) is 0 Å². The van der Waals surface area contributed by atoms with E-state index < -0.39 is 0 Å². The standard InChI is InChI=1S/C17H24O/c1-3-5-7-10-15(4-2)13-14-17(18)16-11-8-6-9-12-16/h6,8-9,11-15H,3-5,7,10H2,1-2H3/b14-13+/t15-/m0/s1. The first kappa shape index (κ1) is 14.7. The summed E-state index contributed by atoms with van der Waals surface area (Å²) < 4.78 is 0. The molecule has 0 radical (unpaired) electrons. The fourth-order valence-electron chi connectivity index (χ4n) is 2.02. The van der Waals surface area contributed by atoms with E-state index in [0.29, 0.717) is 5.92 Å². The van der Waals surface area contributed by atoms with Gasteiger partial charge in [0, 0.05) is 5.56 Å². The predicted molar refractivity (Wildman–Crippen MR) is 77.8 cm³/mol. The van der Waals surface area contributed by atoms with E-state index in [1.807, 2.05) is 30.3 Å². The highest BCUT2D eigenvalue weighted by Crippen LogP contribution is 2.15. The van der Waals surface area contributed by atoms with Crippen LogP contribution < -0.4 is 0 Å². The van der Waals surface area contributed by atoms with Crippen molar-refractivity contribution in [3.05, 3.63) is 48.0 Å². The highest BCUT2D eigenvalue weighted by molar-refractivity contribution is 6.04. The molecule has 18 heavy (non-hydrogen) atoms. The van der Waals surface area contributed by atoms with Crippen LogP contribution >= 0.6 is 0 Å². The Hall–Kier alpha value is -1.37. The van der Waals surface area contributed by atoms with Gasteiger partial charge in [-0.3, -0.25) is 4.79 Å². The van der Waals surface area contributed by atoms with Crippen LogP contribution in [0.3, 0.4) is 0 Å². The molecule has 0 aliphatic carbocycles. The third-order valence-corrected chi connectivity index (χ3v) is 3.28. The van der Waals surface area contributed by atoms with Gasteiger partial charge in [-0.1, -0.05) is 69.5 Å². The first-order valence-corrected chi connectivity index (χ1v) is 7.05. The molecule has 98 valence electrons. The minimum absolute atomic E-state index is 0.115. The van der Waals surface area contributed by atoms with E-state index >= 15 is 0 Å². The summed E-state index contributed by atoms with van der Waals surface area (Å²) in [6.45, 7) is 4.41. The smallest absolute Gasteiger partial charge is 0.185 e. The first-order chi connectivity index (χ1) is 8.77. The minimum Gasteiger partial charge on any atom is -0.289 e. The van der Waals surface area contributed by atoms with Crippen LogP contribution in [-0.4, -0.2) is 5.78 Å². The molecule has 1 heteroatoms. The molecule has 1 rings (SSSR count). The summed E-state index contributed by atoms with van der Waals surface area (Å²) >= 11 is 0. The maximum atomic E-state index is 11.9. The lowest BCUT2D eigenvalue weighted by Gasteiger charge is -2.08. The first-order valence-electron chi connectivity index (χ1n) is 7.05. The summed E-state index contributed by atoms with van der Waals surface area (Å²) in [4.78, 5) is 11.9. The number of carbonyl (C=O) groups is 1. The van der Waals surface area contributed by atoms with E-state index in [9.17, 15) is 4.79 Å². The number of rotatable bonds is 8. The molecule has 0 fully saturated rings. The maximum Gasteiger partial charge on any atom is 0.185 e. The molecule has 0 spiro atoms. The van der Waals surface area contributed by atoms with Crippen LogP contribution in [0.1, 0.15) is 56.3 Å². The van der Waals surface area contributed by atoms with E-state index in [1.54, 1.807) is 6.08 Å². The van der Waals surface area contributed by atoms with Gasteiger partial charge in [-0.25, -0.2) is 0 Å². The Bertz CT molecular complexity index is 364. The highest BCUT2D eigenvalue weighted by Gasteiger charge is 2.04. The third kappa shape index (κ3) is 5.31. The second kappa shape index (κ2) is 8.68. The van der Waals surface area contributed by atoms with Crippen molar-refractivity contribution in [3.63, 3.8) is 0 Å². The summed E-state index contributed by atoms with van der Waals surface area (Å²) in [5.74, 6) is 0.661. The van der Waals surface area contributed by atoms with Crippen molar-refractivity contribution in [1.82, 2.24) is 0 Å². The monoisotopic (exact) mass is 244 g/mol. The predicted octanol–water partition coefficient (Wildman–Crippen LogP) is 5.03. The second-order valence-electron chi connectivity index (χ2n) is 4.75. The van der Waals surface area contributed by atoms with E-state index in [-0.39, 0.29) is 5.78 Å². The Morgan fingerprint density at radius 1 is 1.17 bits per heavy atom. The van der Waals surface area contributed by atoms with Gasteiger partial charge in [0.05, 0.1) is 0 Å². The quantitative estimate of drug-likeness (QED) is 0.356. The lowest BCUT2D eigenvalue weighted by atomic mass is 9.97. The molecule has 0 aliphatic rings. The van der Waals surface area contributed by atoms with Crippen molar-refractivity contribution in [2.75, 3.05) is 0 Å². The fourth-order valence-corrected chi connectivity index (χ4v) is 2.02. The molecular formula is C17H24O. The summed E-state index contributed by atoms with van der Waals surface area (Å²) in [6, 6.07) is 9.47. The van der Waals surface area contributed by atoms with Gasteiger partial charge in [0.2, 0.25) is 0 Å². The Morgan fingerprint density at radius 2 is 1.89 bits per heavy atom. The zero-order valence-electron chi connectivity index (χ0n) is 11.6. The van der Waals surface area contributed by atoms with Crippen LogP contribution in [0, 0.1) is 5.92 Å². The van der Waals surface area contributed by atoms with Crippen molar-refractivity contribution in [1.29, 1.82) is 0 Å². The Labute approximate surface area is 111 Å². The summed E-state index contributed by atoms with van der Waals surface area (Å²) in [7, 11) is 0. The van der Waals surface area contributed by atoms with E-state index in [1.165, 1.54) is 25.7 Å². The van der Waals surface area contributed by atoms with Gasteiger partial charge in [0.15, 0.2) is 5.78 Å². The third-order valence-electron chi connectivity index (χ3n) is 3.28. The maximum absolute atomic E-state index is 11.9. The molecular weight excluding hydrogens is 220 g/mol. The number of unbranched alkanes of at least 4 members (excludes halogenated alkanes) is 2. The molecule has 0 aliphatic heterocycles. The number of hydrogen-bond donors (Lipinski definition) is 0. The van der Waals surface area contributed by atoms with Gasteiger partial charge in [-0.15, -0.1) is 0 Å². The molecule has 1 aromatic rings. The number of carbonyl (C=O) groups excluding carboxylic acids is 1. The average Bonchev–Trinajstić information content (AvgIpc) is 2.43. The van der Waals surface area contributed by atoms with Gasteiger partial charge in [0.25, 0.3) is 0 Å². The van der Waals surface area contributed by atoms with Crippen LogP contribution in [-0.2, 0) is 0 Å². The van der Waals surface area contributed by atoms with Gasteiger partial charge >= 0.3 is 0 Å². The second-order valence-corrected chi connectivity index (χ2v) is 4.75. The molecule has 0 saturated carbocycles. The zero-order chi connectivity index (χ0) is 13.2.